The van der Waals surface area contributed by atoms with Gasteiger partial charge >= 0.3 is 5.69 Å². The maximum Gasteiger partial charge on any atom is 0.347 e. The van der Waals surface area contributed by atoms with Crippen molar-refractivity contribution in [3.8, 4) is 16.8 Å². The van der Waals surface area contributed by atoms with Crippen LogP contribution in [0.1, 0.15) is 17.4 Å². The summed E-state index contributed by atoms with van der Waals surface area (Å²) in [7, 11) is 0. The lowest BCUT2D eigenvalue weighted by Gasteiger charge is -2.22. The van der Waals surface area contributed by atoms with Crippen LogP contribution >= 0.6 is 0 Å². The highest BCUT2D eigenvalue weighted by Gasteiger charge is 2.26. The maximum absolute atomic E-state index is 14.0. The number of halogens is 2. The lowest BCUT2D eigenvalue weighted by Crippen LogP contribution is -2.28. The van der Waals surface area contributed by atoms with Crippen LogP contribution in [-0.2, 0) is 6.42 Å². The lowest BCUT2D eigenvalue weighted by atomic mass is 9.95. The highest BCUT2D eigenvalue weighted by Crippen LogP contribution is 2.32. The van der Waals surface area contributed by atoms with Gasteiger partial charge in [-0.25, -0.2) is 23.2 Å². The van der Waals surface area contributed by atoms with E-state index in [2.05, 4.69) is 10.2 Å². The first-order chi connectivity index (χ1) is 11.1. The van der Waals surface area contributed by atoms with Crippen molar-refractivity contribution >= 4 is 0 Å². The Labute approximate surface area is 129 Å². The molecule has 0 spiro atoms. The molecule has 23 heavy (non-hydrogen) atoms. The van der Waals surface area contributed by atoms with E-state index in [1.54, 1.807) is 18.2 Å². The summed E-state index contributed by atoms with van der Waals surface area (Å²) < 4.78 is 28.8. The molecule has 4 rings (SSSR count). The summed E-state index contributed by atoms with van der Waals surface area (Å²) in [5.74, 6) is -1.33. The van der Waals surface area contributed by atoms with Crippen molar-refractivity contribution in [1.82, 2.24) is 14.8 Å². The minimum absolute atomic E-state index is 0.173. The second kappa shape index (κ2) is 4.85. The minimum atomic E-state index is -0.898. The van der Waals surface area contributed by atoms with E-state index in [0.717, 1.165) is 11.6 Å². The summed E-state index contributed by atoms with van der Waals surface area (Å²) >= 11 is 0. The Morgan fingerprint density at radius 2 is 2.09 bits per heavy atom. The Kier molecular flexibility index (Phi) is 2.92. The van der Waals surface area contributed by atoms with Crippen LogP contribution in [0.2, 0.25) is 0 Å². The molecule has 7 heteroatoms. The molecule has 0 saturated carbocycles. The summed E-state index contributed by atoms with van der Waals surface area (Å²) in [5.41, 5.74) is 7.82. The number of benzene rings is 2. The van der Waals surface area contributed by atoms with E-state index in [9.17, 15) is 13.6 Å². The number of nitrogens with one attached hydrogen (secondary N) is 1. The van der Waals surface area contributed by atoms with Crippen LogP contribution in [0.3, 0.4) is 0 Å². The normalized spacial score (nSPS) is 16.0. The van der Waals surface area contributed by atoms with Gasteiger partial charge in [0.05, 0.1) is 11.7 Å². The third kappa shape index (κ3) is 2.01. The van der Waals surface area contributed by atoms with E-state index in [-0.39, 0.29) is 11.3 Å². The molecule has 3 aromatic rings. The van der Waals surface area contributed by atoms with Crippen LogP contribution in [0.25, 0.3) is 16.8 Å². The average molecular weight is 314 g/mol. The standard InChI is InChI=1S/C16H12F2N4O/c17-11-3-1-2-10(14(11)18)8-4-5-13-9(6-8)7-12(19)15-20-21-16(23)22(13)15/h1-6,12H,7,19H2,(H,21,23). The zero-order chi connectivity index (χ0) is 16.1. The average Bonchev–Trinajstić information content (AvgIpc) is 2.93. The zero-order valence-electron chi connectivity index (χ0n) is 11.9. The van der Waals surface area contributed by atoms with Crippen molar-refractivity contribution in [2.45, 2.75) is 12.5 Å². The largest absolute Gasteiger partial charge is 0.347 e. The van der Waals surface area contributed by atoms with Crippen molar-refractivity contribution in [2.75, 3.05) is 0 Å². The van der Waals surface area contributed by atoms with E-state index >= 15 is 0 Å². The van der Waals surface area contributed by atoms with E-state index in [4.69, 9.17) is 5.73 Å². The van der Waals surface area contributed by atoms with Gasteiger partial charge in [-0.05, 0) is 35.7 Å². The van der Waals surface area contributed by atoms with Crippen LogP contribution in [0.5, 0.6) is 0 Å². The van der Waals surface area contributed by atoms with E-state index in [1.807, 2.05) is 0 Å². The summed E-state index contributed by atoms with van der Waals surface area (Å²) in [4.78, 5) is 11.9. The SMILES string of the molecule is NC1Cc2cc(-c3cccc(F)c3F)ccc2-n2c1n[nH]c2=O. The first-order valence-corrected chi connectivity index (χ1v) is 7.07. The maximum atomic E-state index is 14.0. The summed E-state index contributed by atoms with van der Waals surface area (Å²) in [5, 5.41) is 6.31. The summed E-state index contributed by atoms with van der Waals surface area (Å²) in [6.07, 6.45) is 0.463. The molecule has 116 valence electrons. The van der Waals surface area contributed by atoms with Crippen molar-refractivity contribution < 1.29 is 8.78 Å². The van der Waals surface area contributed by atoms with Crippen LogP contribution < -0.4 is 11.4 Å². The van der Waals surface area contributed by atoms with Crippen LogP contribution in [0, 0.1) is 11.6 Å². The minimum Gasteiger partial charge on any atom is -0.321 e. The number of hydrogen-bond donors (Lipinski definition) is 2. The van der Waals surface area contributed by atoms with Crippen LogP contribution in [0.4, 0.5) is 8.78 Å². The molecule has 3 N–H and O–H groups in total. The van der Waals surface area contributed by atoms with Gasteiger partial charge in [0, 0.05) is 5.56 Å². The van der Waals surface area contributed by atoms with Gasteiger partial charge in [-0.1, -0.05) is 18.2 Å². The Morgan fingerprint density at radius 3 is 2.91 bits per heavy atom. The molecule has 0 bridgehead atoms. The van der Waals surface area contributed by atoms with Gasteiger partial charge in [0.25, 0.3) is 0 Å². The second-order valence-corrected chi connectivity index (χ2v) is 5.48. The van der Waals surface area contributed by atoms with Crippen molar-refractivity contribution in [3.05, 3.63) is 69.9 Å². The molecule has 0 fully saturated rings. The van der Waals surface area contributed by atoms with Gasteiger partial charge < -0.3 is 5.73 Å². The number of aromatic amines is 1. The smallest absolute Gasteiger partial charge is 0.321 e. The number of aromatic nitrogens is 3. The number of fused-ring (bicyclic) bond motifs is 3. The molecule has 0 amide bonds. The summed E-state index contributed by atoms with van der Waals surface area (Å²) in [6.45, 7) is 0. The van der Waals surface area contributed by atoms with Crippen LogP contribution in [-0.4, -0.2) is 14.8 Å². The molecule has 1 unspecified atom stereocenters. The van der Waals surface area contributed by atoms with Gasteiger partial charge in [0.15, 0.2) is 17.5 Å². The highest BCUT2D eigenvalue weighted by atomic mass is 19.2. The number of nitrogens with two attached hydrogens (primary N) is 1. The van der Waals surface area contributed by atoms with Gasteiger partial charge in [0.2, 0.25) is 0 Å². The predicted molar refractivity (Wildman–Crippen MR) is 80.2 cm³/mol. The van der Waals surface area contributed by atoms with E-state index in [1.165, 1.54) is 16.7 Å². The molecule has 0 aliphatic carbocycles. The topological polar surface area (TPSA) is 76.7 Å². The van der Waals surface area contributed by atoms with Crippen molar-refractivity contribution in [3.63, 3.8) is 0 Å². The van der Waals surface area contributed by atoms with E-state index < -0.39 is 17.7 Å². The molecule has 1 aliphatic rings. The molecule has 2 heterocycles. The summed E-state index contributed by atoms with van der Waals surface area (Å²) in [6, 6.07) is 8.68. The van der Waals surface area contributed by atoms with Crippen LogP contribution in [0.15, 0.2) is 41.2 Å². The van der Waals surface area contributed by atoms with Gasteiger partial charge in [-0.3, -0.25) is 0 Å². The second-order valence-electron chi connectivity index (χ2n) is 5.48. The Morgan fingerprint density at radius 1 is 1.26 bits per heavy atom. The molecule has 2 aromatic carbocycles. The fourth-order valence-electron chi connectivity index (χ4n) is 2.98. The van der Waals surface area contributed by atoms with Gasteiger partial charge in [-0.2, -0.15) is 5.10 Å². The lowest BCUT2D eigenvalue weighted by molar-refractivity contribution is 0.511. The molecule has 0 radical (unpaired) electrons. The Balaban J connectivity index is 1.91. The number of nitrogens with zero attached hydrogens (tertiary/aromatic N) is 2. The Hall–Kier alpha value is -2.80. The number of rotatable bonds is 1. The molecular formula is C16H12F2N4O. The Bertz CT molecular complexity index is 976. The number of H-pyrrole nitrogens is 1. The predicted octanol–water partition coefficient (Wildman–Crippen LogP) is 2.06. The third-order valence-electron chi connectivity index (χ3n) is 4.05. The highest BCUT2D eigenvalue weighted by molar-refractivity contribution is 5.67. The monoisotopic (exact) mass is 314 g/mol. The van der Waals surface area contributed by atoms with Gasteiger partial charge in [0.1, 0.15) is 0 Å². The fourth-order valence-corrected chi connectivity index (χ4v) is 2.98. The molecule has 0 saturated heterocycles. The number of hydrogen-bond acceptors (Lipinski definition) is 3. The molecule has 1 atom stereocenters. The molecular weight excluding hydrogens is 302 g/mol. The first-order valence-electron chi connectivity index (χ1n) is 7.07. The van der Waals surface area contributed by atoms with E-state index in [0.29, 0.717) is 23.5 Å². The first kappa shape index (κ1) is 13.8. The molecule has 1 aromatic heterocycles. The van der Waals surface area contributed by atoms with Crippen molar-refractivity contribution in [1.29, 1.82) is 0 Å². The third-order valence-corrected chi connectivity index (χ3v) is 4.05. The molecule has 1 aliphatic heterocycles. The quantitative estimate of drug-likeness (QED) is 0.722. The van der Waals surface area contributed by atoms with Gasteiger partial charge in [-0.15, -0.1) is 0 Å². The van der Waals surface area contributed by atoms with Crippen molar-refractivity contribution in [2.24, 2.45) is 5.73 Å². The fraction of sp³-hybridized carbons (Fsp3) is 0.125. The zero-order valence-corrected chi connectivity index (χ0v) is 11.9. The molecule has 5 nitrogen and oxygen atoms in total.